The van der Waals surface area contributed by atoms with Crippen LogP contribution < -0.4 is 14.6 Å². The van der Waals surface area contributed by atoms with Gasteiger partial charge in [-0.2, -0.15) is 14.5 Å². The number of nitrogens with two attached hydrogens (primary N) is 1. The van der Waals surface area contributed by atoms with E-state index in [9.17, 15) is 16.8 Å². The topological polar surface area (TPSA) is 158 Å². The van der Waals surface area contributed by atoms with Crippen LogP contribution in [0.25, 0.3) is 0 Å². The van der Waals surface area contributed by atoms with Crippen molar-refractivity contribution in [3.63, 3.8) is 0 Å². The summed E-state index contributed by atoms with van der Waals surface area (Å²) < 4.78 is 65.6. The largest absolute Gasteiger partial charge is 0.497 e. The molecule has 4 aromatic rings. The van der Waals surface area contributed by atoms with Crippen LogP contribution >= 0.6 is 0 Å². The number of nitrogens with zero attached hydrogens (tertiary/aromatic N) is 7. The Kier molecular flexibility index (Phi) is 13.3. The molecule has 0 amide bonds. The number of sulfonamides is 2. The van der Waals surface area contributed by atoms with Crippen LogP contribution in [0.15, 0.2) is 83.1 Å². The normalized spacial score (nSPS) is 16.1. The van der Waals surface area contributed by atoms with E-state index in [1.807, 2.05) is 62.4 Å². The van der Waals surface area contributed by atoms with Crippen molar-refractivity contribution in [1.82, 2.24) is 33.7 Å². The summed E-state index contributed by atoms with van der Waals surface area (Å²) in [5, 5.41) is 13.7. The second kappa shape index (κ2) is 17.3. The fraction of sp³-hybridized carbons (Fsp3) is 0.526. The number of hydrogen-bond acceptors (Lipinski definition) is 10. The van der Waals surface area contributed by atoms with Crippen molar-refractivity contribution in [3.05, 3.63) is 84.2 Å². The van der Waals surface area contributed by atoms with Gasteiger partial charge < -0.3 is 19.3 Å². The molecule has 2 N–H and O–H groups in total. The van der Waals surface area contributed by atoms with Crippen molar-refractivity contribution >= 4 is 20.0 Å². The Morgan fingerprint density at radius 1 is 0.630 bits per heavy atom. The summed E-state index contributed by atoms with van der Waals surface area (Å²) in [5.74, 6) is 1.45. The second-order valence-electron chi connectivity index (χ2n) is 15.3. The van der Waals surface area contributed by atoms with Crippen LogP contribution in [0.4, 0.5) is 0 Å². The minimum Gasteiger partial charge on any atom is -0.497 e. The van der Waals surface area contributed by atoms with Crippen molar-refractivity contribution in [3.8, 4) is 11.5 Å². The standard InChI is InChI=1S/C27H36N4O4S.C11H20N4O2S/c1-27(2,21-29-16-5-6-17-29)31-18-15-26(28-31)36(32,33)30(19-22-7-11-24(34-3)12-8-22)20-23-9-13-25(35-4)14-10-23;1-11(2,9-14-6-3-4-7-14)15-8-5-10(13-15)18(12,16)17/h7-15,18H,5-6,16-17,19-21H2,1-4H3;5,8H,3-4,6-7,9H2,1-2H3,(H2,12,16,17). The molecule has 2 saturated heterocycles. The van der Waals surface area contributed by atoms with Gasteiger partial charge in [-0.15, -0.1) is 0 Å². The van der Waals surface area contributed by atoms with Crippen LogP contribution in [0, 0.1) is 0 Å². The molecule has 0 radical (unpaired) electrons. The molecule has 296 valence electrons. The molecule has 2 aromatic heterocycles. The lowest BCUT2D eigenvalue weighted by molar-refractivity contribution is 0.195. The lowest BCUT2D eigenvalue weighted by Gasteiger charge is -2.30. The molecule has 0 unspecified atom stereocenters. The van der Waals surface area contributed by atoms with E-state index in [1.54, 1.807) is 42.0 Å². The molecular formula is C38H56N8O6S2. The molecular weight excluding hydrogens is 729 g/mol. The van der Waals surface area contributed by atoms with Crippen LogP contribution in [0.1, 0.15) is 64.5 Å². The average Bonchev–Trinajstić information content (AvgIpc) is 3.97. The van der Waals surface area contributed by atoms with Gasteiger partial charge in [0.25, 0.3) is 20.0 Å². The highest BCUT2D eigenvalue weighted by atomic mass is 32.2. The van der Waals surface area contributed by atoms with Gasteiger partial charge in [-0.25, -0.2) is 22.0 Å². The van der Waals surface area contributed by atoms with Crippen LogP contribution in [-0.4, -0.2) is 104 Å². The first-order valence-corrected chi connectivity index (χ1v) is 21.3. The molecule has 0 spiro atoms. The molecule has 0 bridgehead atoms. The monoisotopic (exact) mass is 784 g/mol. The van der Waals surface area contributed by atoms with Crippen molar-refractivity contribution in [1.29, 1.82) is 0 Å². The van der Waals surface area contributed by atoms with Crippen molar-refractivity contribution in [2.45, 2.75) is 87.6 Å². The number of likely N-dealkylation sites (tertiary alicyclic amines) is 2. The third-order valence-corrected chi connectivity index (χ3v) is 12.4. The highest BCUT2D eigenvalue weighted by Crippen LogP contribution is 2.26. The summed E-state index contributed by atoms with van der Waals surface area (Å²) in [5.41, 5.74) is 1.16. The Bertz CT molecular complexity index is 1970. The Hall–Kier alpha value is -3.80. The maximum Gasteiger partial charge on any atom is 0.262 e. The first-order chi connectivity index (χ1) is 25.5. The van der Waals surface area contributed by atoms with Crippen LogP contribution in [0.2, 0.25) is 0 Å². The smallest absolute Gasteiger partial charge is 0.262 e. The molecule has 16 heteroatoms. The van der Waals surface area contributed by atoms with E-state index in [4.69, 9.17) is 14.6 Å². The molecule has 2 fully saturated rings. The van der Waals surface area contributed by atoms with E-state index in [0.717, 1.165) is 61.9 Å². The molecule has 6 rings (SSSR count). The van der Waals surface area contributed by atoms with Gasteiger partial charge in [-0.05, 0) is 127 Å². The van der Waals surface area contributed by atoms with Gasteiger partial charge in [0, 0.05) is 38.6 Å². The SMILES string of the molecule is CC(C)(CN1CCCC1)n1ccc(S(N)(=O)=O)n1.COc1ccc(CN(Cc2ccc(OC)cc2)S(=O)(=O)c2ccn(C(C)(C)CN3CCCC3)n2)cc1. The van der Waals surface area contributed by atoms with Crippen LogP contribution in [0.5, 0.6) is 11.5 Å². The molecule has 14 nitrogen and oxygen atoms in total. The fourth-order valence-electron chi connectivity index (χ4n) is 6.93. The maximum absolute atomic E-state index is 13.9. The van der Waals surface area contributed by atoms with E-state index < -0.39 is 20.0 Å². The summed E-state index contributed by atoms with van der Waals surface area (Å²) in [7, 11) is -4.37. The Balaban J connectivity index is 0.000000260. The second-order valence-corrected chi connectivity index (χ2v) is 18.7. The molecule has 54 heavy (non-hydrogen) atoms. The molecule has 4 heterocycles. The maximum atomic E-state index is 13.9. The Morgan fingerprint density at radius 3 is 1.35 bits per heavy atom. The van der Waals surface area contributed by atoms with Gasteiger partial charge in [-0.3, -0.25) is 9.36 Å². The van der Waals surface area contributed by atoms with Gasteiger partial charge in [0.1, 0.15) is 11.5 Å². The van der Waals surface area contributed by atoms with Gasteiger partial charge >= 0.3 is 0 Å². The summed E-state index contributed by atoms with van der Waals surface area (Å²) in [6, 6.07) is 17.9. The van der Waals surface area contributed by atoms with Crippen molar-refractivity contribution in [2.24, 2.45) is 5.14 Å². The molecule has 0 atom stereocenters. The van der Waals surface area contributed by atoms with E-state index in [1.165, 1.54) is 36.1 Å². The zero-order valence-electron chi connectivity index (χ0n) is 32.4. The van der Waals surface area contributed by atoms with E-state index in [2.05, 4.69) is 33.8 Å². The molecule has 2 aliphatic heterocycles. The predicted octanol–water partition coefficient (Wildman–Crippen LogP) is 4.48. The Morgan fingerprint density at radius 2 is 1.00 bits per heavy atom. The third-order valence-electron chi connectivity index (χ3n) is 9.92. The summed E-state index contributed by atoms with van der Waals surface area (Å²) in [6.07, 6.45) is 8.34. The van der Waals surface area contributed by atoms with Crippen molar-refractivity contribution < 1.29 is 26.3 Å². The lowest BCUT2D eigenvalue weighted by atomic mass is 10.1. The van der Waals surface area contributed by atoms with E-state index >= 15 is 0 Å². The fourth-order valence-corrected chi connectivity index (χ4v) is 8.70. The quantitative estimate of drug-likeness (QED) is 0.182. The Labute approximate surface area is 320 Å². The third kappa shape index (κ3) is 10.7. The lowest BCUT2D eigenvalue weighted by Crippen LogP contribution is -2.40. The highest BCUT2D eigenvalue weighted by molar-refractivity contribution is 7.89. The molecule has 2 aromatic carbocycles. The zero-order chi connectivity index (χ0) is 39.1. The molecule has 0 aliphatic carbocycles. The summed E-state index contributed by atoms with van der Waals surface area (Å²) in [6.45, 7) is 14.8. The van der Waals surface area contributed by atoms with E-state index in [-0.39, 0.29) is 34.2 Å². The number of hydrogen-bond donors (Lipinski definition) is 1. The summed E-state index contributed by atoms with van der Waals surface area (Å²) >= 11 is 0. The van der Waals surface area contributed by atoms with Crippen LogP contribution in [0.3, 0.4) is 0 Å². The summed E-state index contributed by atoms with van der Waals surface area (Å²) in [4.78, 5) is 4.79. The minimum absolute atomic E-state index is 0.0546. The highest BCUT2D eigenvalue weighted by Gasteiger charge is 2.32. The van der Waals surface area contributed by atoms with Gasteiger partial charge in [0.05, 0.1) is 25.3 Å². The zero-order valence-corrected chi connectivity index (χ0v) is 34.0. The van der Waals surface area contributed by atoms with Crippen molar-refractivity contribution in [2.75, 3.05) is 53.5 Å². The number of benzene rings is 2. The number of methoxy groups -OCH3 is 2. The first-order valence-electron chi connectivity index (χ1n) is 18.4. The van der Waals surface area contributed by atoms with E-state index in [0.29, 0.717) is 0 Å². The van der Waals surface area contributed by atoms with Gasteiger partial charge in [0.15, 0.2) is 10.1 Å². The average molecular weight is 785 g/mol. The predicted molar refractivity (Wildman–Crippen MR) is 208 cm³/mol. The minimum atomic E-state index is -3.87. The van der Waals surface area contributed by atoms with Gasteiger partial charge in [0.2, 0.25) is 0 Å². The van der Waals surface area contributed by atoms with Gasteiger partial charge in [-0.1, -0.05) is 24.3 Å². The first kappa shape index (κ1) is 41.4. The number of aromatic nitrogens is 4. The number of rotatable bonds is 15. The number of ether oxygens (including phenoxy) is 2. The molecule has 2 aliphatic rings. The van der Waals surface area contributed by atoms with Crippen LogP contribution in [-0.2, 0) is 44.2 Å². The molecule has 0 saturated carbocycles. The number of primary sulfonamides is 1.